The summed E-state index contributed by atoms with van der Waals surface area (Å²) in [5.41, 5.74) is 1.87. The smallest absolute Gasteiger partial charge is 0.306 e. The van der Waals surface area contributed by atoms with Crippen molar-refractivity contribution in [2.75, 3.05) is 18.5 Å². The van der Waals surface area contributed by atoms with Crippen molar-refractivity contribution >= 4 is 46.2 Å². The molecule has 0 saturated heterocycles. The van der Waals surface area contributed by atoms with Gasteiger partial charge in [-0.3, -0.25) is 14.4 Å². The number of fused-ring (bicyclic) bond motifs is 1. The Labute approximate surface area is 149 Å². The molecule has 0 aliphatic carbocycles. The first kappa shape index (κ1) is 18.8. The molecule has 134 valence electrons. The van der Waals surface area contributed by atoms with Crippen LogP contribution in [-0.4, -0.2) is 39.7 Å². The average Bonchev–Trinajstić information content (AvgIpc) is 3.05. The van der Waals surface area contributed by atoms with Crippen LogP contribution in [0.25, 0.3) is 11.0 Å². The Kier molecular flexibility index (Phi) is 7.27. The molecule has 0 fully saturated rings. The fourth-order valence-corrected chi connectivity index (χ4v) is 2.70. The Bertz CT molecular complexity index is 747. The Morgan fingerprint density at radius 2 is 2.00 bits per heavy atom. The predicted octanol–water partition coefficient (Wildman–Crippen LogP) is 1.87. The topological polar surface area (TPSA) is 110 Å². The molecule has 2 amide bonds. The zero-order valence-electron chi connectivity index (χ0n) is 13.9. The van der Waals surface area contributed by atoms with Gasteiger partial charge in [-0.05, 0) is 25.0 Å². The van der Waals surface area contributed by atoms with Crippen LogP contribution >= 0.6 is 11.7 Å². The summed E-state index contributed by atoms with van der Waals surface area (Å²) >= 11 is 1.07. The Hall–Kier alpha value is -2.55. The number of amides is 2. The number of ether oxygens (including phenoxy) is 1. The summed E-state index contributed by atoms with van der Waals surface area (Å²) in [6.07, 6.45) is 2.52. The van der Waals surface area contributed by atoms with E-state index in [1.807, 2.05) is 0 Å². The van der Waals surface area contributed by atoms with Crippen molar-refractivity contribution in [2.24, 2.45) is 0 Å². The number of hydrogen-bond donors (Lipinski definition) is 2. The highest BCUT2D eigenvalue weighted by Gasteiger charge is 2.11. The van der Waals surface area contributed by atoms with Crippen LogP contribution in [0.15, 0.2) is 18.2 Å². The number of benzene rings is 1. The zero-order valence-corrected chi connectivity index (χ0v) is 14.7. The molecule has 0 bridgehead atoms. The maximum atomic E-state index is 11.9. The standard InChI is InChI=1S/C16H20N4O4S/c1-11(21)17-9-4-2-3-8-15(23)24-10-14(22)18-12-6-5-7-13-16(12)20-25-19-13/h5-7H,2-4,8-10H2,1H3,(H,17,21)(H,18,22). The molecule has 0 saturated carbocycles. The summed E-state index contributed by atoms with van der Waals surface area (Å²) in [4.78, 5) is 34.2. The van der Waals surface area contributed by atoms with Gasteiger partial charge in [0.2, 0.25) is 5.91 Å². The van der Waals surface area contributed by atoms with E-state index < -0.39 is 11.9 Å². The summed E-state index contributed by atoms with van der Waals surface area (Å²) in [5.74, 6) is -0.891. The van der Waals surface area contributed by atoms with Gasteiger partial charge in [0.25, 0.3) is 5.91 Å². The monoisotopic (exact) mass is 364 g/mol. The number of anilines is 1. The lowest BCUT2D eigenvalue weighted by molar-refractivity contribution is -0.147. The number of esters is 1. The van der Waals surface area contributed by atoms with Gasteiger partial charge < -0.3 is 15.4 Å². The molecule has 0 unspecified atom stereocenters. The van der Waals surface area contributed by atoms with Crippen LogP contribution in [0.5, 0.6) is 0 Å². The van der Waals surface area contributed by atoms with Gasteiger partial charge >= 0.3 is 5.97 Å². The number of carbonyl (C=O) groups is 3. The second kappa shape index (κ2) is 9.67. The van der Waals surface area contributed by atoms with Crippen LogP contribution in [0.4, 0.5) is 5.69 Å². The molecule has 2 rings (SSSR count). The van der Waals surface area contributed by atoms with Gasteiger partial charge in [0.05, 0.1) is 17.4 Å². The lowest BCUT2D eigenvalue weighted by Crippen LogP contribution is -2.21. The van der Waals surface area contributed by atoms with Crippen molar-refractivity contribution in [1.29, 1.82) is 0 Å². The van der Waals surface area contributed by atoms with E-state index >= 15 is 0 Å². The minimum Gasteiger partial charge on any atom is -0.456 e. The lowest BCUT2D eigenvalue weighted by Gasteiger charge is -2.07. The molecule has 1 heterocycles. The third-order valence-electron chi connectivity index (χ3n) is 3.36. The zero-order chi connectivity index (χ0) is 18.1. The van der Waals surface area contributed by atoms with Gasteiger partial charge in [0.15, 0.2) is 6.61 Å². The lowest BCUT2D eigenvalue weighted by atomic mass is 10.2. The van der Waals surface area contributed by atoms with Gasteiger partial charge in [-0.25, -0.2) is 0 Å². The summed E-state index contributed by atoms with van der Waals surface area (Å²) in [5, 5.41) is 5.36. The molecule has 2 aromatic rings. The van der Waals surface area contributed by atoms with E-state index in [9.17, 15) is 14.4 Å². The maximum absolute atomic E-state index is 11.9. The number of aromatic nitrogens is 2. The minimum absolute atomic E-state index is 0.0606. The quantitative estimate of drug-likeness (QED) is 0.519. The van der Waals surface area contributed by atoms with Crippen LogP contribution in [0.3, 0.4) is 0 Å². The van der Waals surface area contributed by atoms with E-state index in [1.54, 1.807) is 18.2 Å². The number of unbranched alkanes of at least 4 members (excludes halogenated alkanes) is 2. The molecule has 0 radical (unpaired) electrons. The van der Waals surface area contributed by atoms with E-state index in [2.05, 4.69) is 19.4 Å². The molecule has 0 atom stereocenters. The molecule has 1 aromatic carbocycles. The van der Waals surface area contributed by atoms with Crippen LogP contribution in [0, 0.1) is 0 Å². The van der Waals surface area contributed by atoms with Gasteiger partial charge in [0.1, 0.15) is 11.0 Å². The third kappa shape index (κ3) is 6.46. The molecule has 8 nitrogen and oxygen atoms in total. The normalized spacial score (nSPS) is 10.4. The molecule has 1 aromatic heterocycles. The summed E-state index contributed by atoms with van der Waals surface area (Å²) < 4.78 is 13.2. The number of carbonyl (C=O) groups excluding carboxylic acids is 3. The first-order chi connectivity index (χ1) is 12.1. The van der Waals surface area contributed by atoms with Gasteiger partial charge in [0, 0.05) is 19.9 Å². The van der Waals surface area contributed by atoms with Crippen molar-refractivity contribution in [1.82, 2.24) is 14.1 Å². The van der Waals surface area contributed by atoms with E-state index in [1.165, 1.54) is 6.92 Å². The Balaban J connectivity index is 1.64. The summed E-state index contributed by atoms with van der Waals surface area (Å²) in [6, 6.07) is 5.30. The van der Waals surface area contributed by atoms with Gasteiger partial charge in [-0.2, -0.15) is 8.75 Å². The van der Waals surface area contributed by atoms with Crippen molar-refractivity contribution in [3.8, 4) is 0 Å². The molecule has 0 aliphatic rings. The summed E-state index contributed by atoms with van der Waals surface area (Å²) in [7, 11) is 0. The molecule has 0 aliphatic heterocycles. The predicted molar refractivity (Wildman–Crippen MR) is 94.2 cm³/mol. The Morgan fingerprint density at radius 3 is 2.80 bits per heavy atom. The summed E-state index contributed by atoms with van der Waals surface area (Å²) in [6.45, 7) is 1.73. The first-order valence-electron chi connectivity index (χ1n) is 7.97. The molecule has 25 heavy (non-hydrogen) atoms. The SMILES string of the molecule is CC(=O)NCCCCCC(=O)OCC(=O)Nc1cccc2nsnc12. The second-order valence-electron chi connectivity index (χ2n) is 5.44. The van der Waals surface area contributed by atoms with Crippen molar-refractivity contribution < 1.29 is 19.1 Å². The highest BCUT2D eigenvalue weighted by atomic mass is 32.1. The maximum Gasteiger partial charge on any atom is 0.306 e. The minimum atomic E-state index is -0.417. The second-order valence-corrected chi connectivity index (χ2v) is 5.97. The number of hydrogen-bond acceptors (Lipinski definition) is 7. The van der Waals surface area contributed by atoms with Crippen LogP contribution in [-0.2, 0) is 19.1 Å². The van der Waals surface area contributed by atoms with E-state index in [4.69, 9.17) is 4.74 Å². The first-order valence-corrected chi connectivity index (χ1v) is 8.70. The molecular formula is C16H20N4O4S. The fraction of sp³-hybridized carbons (Fsp3) is 0.438. The van der Waals surface area contributed by atoms with Crippen molar-refractivity contribution in [2.45, 2.75) is 32.6 Å². The molecular weight excluding hydrogens is 344 g/mol. The van der Waals surface area contributed by atoms with Crippen molar-refractivity contribution in [3.05, 3.63) is 18.2 Å². The van der Waals surface area contributed by atoms with E-state index in [0.29, 0.717) is 29.7 Å². The fourth-order valence-electron chi connectivity index (χ4n) is 2.15. The highest BCUT2D eigenvalue weighted by Crippen LogP contribution is 2.20. The molecule has 2 N–H and O–H groups in total. The largest absolute Gasteiger partial charge is 0.456 e. The highest BCUT2D eigenvalue weighted by molar-refractivity contribution is 7.00. The van der Waals surface area contributed by atoms with Gasteiger partial charge in [-0.1, -0.05) is 12.5 Å². The van der Waals surface area contributed by atoms with Crippen LogP contribution in [0.2, 0.25) is 0 Å². The van der Waals surface area contributed by atoms with Crippen molar-refractivity contribution in [3.63, 3.8) is 0 Å². The van der Waals surface area contributed by atoms with Crippen LogP contribution in [0.1, 0.15) is 32.6 Å². The number of nitrogens with one attached hydrogen (secondary N) is 2. The number of rotatable bonds is 9. The van der Waals surface area contributed by atoms with E-state index in [-0.39, 0.29) is 18.9 Å². The van der Waals surface area contributed by atoms with E-state index in [0.717, 1.165) is 24.6 Å². The average molecular weight is 364 g/mol. The number of nitrogens with zero attached hydrogens (tertiary/aromatic N) is 2. The Morgan fingerprint density at radius 1 is 1.16 bits per heavy atom. The van der Waals surface area contributed by atoms with Crippen LogP contribution < -0.4 is 10.6 Å². The molecule has 9 heteroatoms. The van der Waals surface area contributed by atoms with Gasteiger partial charge in [-0.15, -0.1) is 0 Å². The third-order valence-corrected chi connectivity index (χ3v) is 3.90. The molecule has 0 spiro atoms.